The van der Waals surface area contributed by atoms with Crippen LogP contribution in [0, 0.1) is 5.92 Å². The van der Waals surface area contributed by atoms with E-state index in [-0.39, 0.29) is 17.2 Å². The highest BCUT2D eigenvalue weighted by molar-refractivity contribution is 5.98. The third kappa shape index (κ3) is 7.09. The molecule has 0 spiro atoms. The Bertz CT molecular complexity index is 326. The molecule has 0 aliphatic carbocycles. The van der Waals surface area contributed by atoms with Crippen LogP contribution in [0.1, 0.15) is 48.0 Å². The van der Waals surface area contributed by atoms with Gasteiger partial charge in [-0.05, 0) is 45.6 Å². The molecule has 1 amide bonds. The van der Waals surface area contributed by atoms with Crippen molar-refractivity contribution in [3.8, 4) is 0 Å². The van der Waals surface area contributed by atoms with E-state index in [0.29, 0.717) is 12.0 Å². The number of carbonyl (C=O) groups excluding carboxylic acids is 2. The first-order valence-corrected chi connectivity index (χ1v) is 6.21. The van der Waals surface area contributed by atoms with Gasteiger partial charge < -0.3 is 10.1 Å². The van der Waals surface area contributed by atoms with Crippen LogP contribution >= 0.6 is 0 Å². The predicted molar refractivity (Wildman–Crippen MR) is 72.4 cm³/mol. The van der Waals surface area contributed by atoms with Gasteiger partial charge in [0.1, 0.15) is 0 Å². The van der Waals surface area contributed by atoms with E-state index in [2.05, 4.69) is 11.9 Å². The summed E-state index contributed by atoms with van der Waals surface area (Å²) in [4.78, 5) is 23.5. The largest absolute Gasteiger partial charge is 0.438 e. The molecule has 1 N–H and O–H groups in total. The van der Waals surface area contributed by atoms with Crippen molar-refractivity contribution in [2.75, 3.05) is 0 Å². The summed E-state index contributed by atoms with van der Waals surface area (Å²) in [6.45, 7) is 14.7. The molecule has 0 fully saturated rings. The summed E-state index contributed by atoms with van der Waals surface area (Å²) < 4.78 is 5.20. The molecule has 0 aromatic heterocycles. The van der Waals surface area contributed by atoms with Gasteiger partial charge in [0.25, 0.3) is 0 Å². The fraction of sp³-hybridized carbons (Fsp3) is 0.714. The van der Waals surface area contributed by atoms with Gasteiger partial charge in [-0.2, -0.15) is 0 Å². The molecular weight excluding hydrogens is 230 g/mol. The molecule has 4 heteroatoms. The summed E-state index contributed by atoms with van der Waals surface area (Å²) in [7, 11) is 0. The van der Waals surface area contributed by atoms with Crippen LogP contribution in [0.15, 0.2) is 12.2 Å². The van der Waals surface area contributed by atoms with Crippen molar-refractivity contribution in [2.24, 2.45) is 5.92 Å². The first-order valence-electron chi connectivity index (χ1n) is 6.21. The standard InChI is InChI=1S/C14H25NO3/c1-9(2)8-11(12(16)10(3)4)18-13(17)15-14(5,6)7/h9,11H,3,8H2,1-2,4-7H3,(H,15,17)/t11-/m0/s1. The molecule has 0 saturated carbocycles. The minimum Gasteiger partial charge on any atom is -0.438 e. The number of amides is 1. The van der Waals surface area contributed by atoms with Crippen molar-refractivity contribution in [3.63, 3.8) is 0 Å². The molecule has 104 valence electrons. The van der Waals surface area contributed by atoms with Gasteiger partial charge in [-0.3, -0.25) is 4.79 Å². The zero-order valence-corrected chi connectivity index (χ0v) is 12.3. The Morgan fingerprint density at radius 2 is 1.78 bits per heavy atom. The Morgan fingerprint density at radius 1 is 1.28 bits per heavy atom. The third-order valence-corrected chi connectivity index (χ3v) is 2.12. The van der Waals surface area contributed by atoms with Gasteiger partial charge >= 0.3 is 6.09 Å². The number of ether oxygens (including phenoxy) is 1. The third-order valence-electron chi connectivity index (χ3n) is 2.12. The SMILES string of the molecule is C=C(C)C(=O)[C@H](CC(C)C)OC(=O)NC(C)(C)C. The number of rotatable bonds is 5. The summed E-state index contributed by atoms with van der Waals surface area (Å²) in [5, 5.41) is 2.67. The van der Waals surface area contributed by atoms with E-state index in [1.54, 1.807) is 6.92 Å². The predicted octanol–water partition coefficient (Wildman–Crippen LogP) is 3.07. The molecule has 0 saturated heterocycles. The summed E-state index contributed by atoms with van der Waals surface area (Å²) in [6.07, 6.45) is -0.809. The fourth-order valence-corrected chi connectivity index (χ4v) is 1.38. The summed E-state index contributed by atoms with van der Waals surface area (Å²) in [5.74, 6) is 0.0495. The Kier molecular flexibility index (Phi) is 6.09. The van der Waals surface area contributed by atoms with Crippen LogP contribution in [0.2, 0.25) is 0 Å². The second-order valence-corrected chi connectivity index (χ2v) is 6.04. The van der Waals surface area contributed by atoms with E-state index in [1.807, 2.05) is 34.6 Å². The summed E-state index contributed by atoms with van der Waals surface area (Å²) >= 11 is 0. The van der Waals surface area contributed by atoms with Gasteiger partial charge in [0, 0.05) is 5.54 Å². The van der Waals surface area contributed by atoms with Crippen LogP contribution in [0.3, 0.4) is 0 Å². The van der Waals surface area contributed by atoms with Crippen molar-refractivity contribution in [3.05, 3.63) is 12.2 Å². The molecule has 0 bridgehead atoms. The minimum atomic E-state index is -0.746. The highest BCUT2D eigenvalue weighted by Crippen LogP contribution is 2.13. The van der Waals surface area contributed by atoms with E-state index in [0.717, 1.165) is 0 Å². The number of hydrogen-bond acceptors (Lipinski definition) is 3. The van der Waals surface area contributed by atoms with Gasteiger partial charge in [-0.25, -0.2) is 4.79 Å². The molecule has 18 heavy (non-hydrogen) atoms. The zero-order chi connectivity index (χ0) is 14.5. The lowest BCUT2D eigenvalue weighted by Crippen LogP contribution is -2.43. The zero-order valence-electron chi connectivity index (χ0n) is 12.3. The number of Topliss-reactive ketones (excluding diaryl/α,β-unsaturated/α-hetero) is 1. The topological polar surface area (TPSA) is 55.4 Å². The Balaban J connectivity index is 4.65. The van der Waals surface area contributed by atoms with Crippen LogP contribution in [-0.2, 0) is 9.53 Å². The molecule has 0 aliphatic rings. The molecule has 0 rings (SSSR count). The molecule has 4 nitrogen and oxygen atoms in total. The fourth-order valence-electron chi connectivity index (χ4n) is 1.38. The highest BCUT2D eigenvalue weighted by atomic mass is 16.6. The summed E-state index contributed by atoms with van der Waals surface area (Å²) in [5.41, 5.74) is 0.0235. The van der Waals surface area contributed by atoms with Gasteiger partial charge in [0.05, 0.1) is 0 Å². The van der Waals surface area contributed by atoms with Crippen molar-refractivity contribution >= 4 is 11.9 Å². The number of nitrogens with one attached hydrogen (secondary N) is 1. The van der Waals surface area contributed by atoms with E-state index in [1.165, 1.54) is 0 Å². The molecule has 0 aromatic carbocycles. The summed E-state index contributed by atoms with van der Waals surface area (Å²) in [6, 6.07) is 0. The van der Waals surface area contributed by atoms with Gasteiger partial charge in [-0.1, -0.05) is 20.4 Å². The van der Waals surface area contributed by atoms with Crippen molar-refractivity contribution in [1.29, 1.82) is 0 Å². The van der Waals surface area contributed by atoms with Gasteiger partial charge in [0.2, 0.25) is 0 Å². The van der Waals surface area contributed by atoms with E-state index in [4.69, 9.17) is 4.74 Å². The minimum absolute atomic E-state index is 0.215. The average molecular weight is 255 g/mol. The van der Waals surface area contributed by atoms with Crippen molar-refractivity contribution in [2.45, 2.75) is 59.6 Å². The van der Waals surface area contributed by atoms with Gasteiger partial charge in [-0.15, -0.1) is 0 Å². The second kappa shape index (κ2) is 6.57. The van der Waals surface area contributed by atoms with Crippen LogP contribution in [0.5, 0.6) is 0 Å². The van der Waals surface area contributed by atoms with Crippen LogP contribution < -0.4 is 5.32 Å². The van der Waals surface area contributed by atoms with Crippen molar-refractivity contribution in [1.82, 2.24) is 5.32 Å². The lowest BCUT2D eigenvalue weighted by Gasteiger charge is -2.24. The average Bonchev–Trinajstić information content (AvgIpc) is 2.11. The molecule has 0 aromatic rings. The smallest absolute Gasteiger partial charge is 0.408 e. The molecule has 1 atom stereocenters. The van der Waals surface area contributed by atoms with Crippen LogP contribution in [-0.4, -0.2) is 23.5 Å². The molecule has 0 radical (unpaired) electrons. The number of hydrogen-bond donors (Lipinski definition) is 1. The number of alkyl carbamates (subject to hydrolysis) is 1. The quantitative estimate of drug-likeness (QED) is 0.768. The molecule has 0 heterocycles. The van der Waals surface area contributed by atoms with E-state index < -0.39 is 12.2 Å². The maximum Gasteiger partial charge on any atom is 0.408 e. The molecule has 0 aliphatic heterocycles. The maximum absolute atomic E-state index is 11.9. The Morgan fingerprint density at radius 3 is 2.11 bits per heavy atom. The Hall–Kier alpha value is -1.32. The highest BCUT2D eigenvalue weighted by Gasteiger charge is 2.25. The Labute approximate surface area is 110 Å². The first-order chi connectivity index (χ1) is 8.03. The van der Waals surface area contributed by atoms with Crippen molar-refractivity contribution < 1.29 is 14.3 Å². The molecular formula is C14H25NO3. The number of ketones is 1. The second-order valence-electron chi connectivity index (χ2n) is 6.04. The first kappa shape index (κ1) is 16.7. The normalized spacial score (nSPS) is 13.1. The van der Waals surface area contributed by atoms with Crippen LogP contribution in [0.25, 0.3) is 0 Å². The van der Waals surface area contributed by atoms with Crippen LogP contribution in [0.4, 0.5) is 4.79 Å². The number of carbonyl (C=O) groups is 2. The van der Waals surface area contributed by atoms with Gasteiger partial charge in [0.15, 0.2) is 11.9 Å². The van der Waals surface area contributed by atoms with E-state index >= 15 is 0 Å². The lowest BCUT2D eigenvalue weighted by molar-refractivity contribution is -0.124. The van der Waals surface area contributed by atoms with E-state index in [9.17, 15) is 9.59 Å². The monoisotopic (exact) mass is 255 g/mol. The molecule has 0 unspecified atom stereocenters. The lowest BCUT2D eigenvalue weighted by atomic mass is 9.99. The maximum atomic E-state index is 11.9.